The molecule has 2 aliphatic rings. The van der Waals surface area contributed by atoms with Crippen LogP contribution in [0.1, 0.15) is 77.2 Å². The second-order valence-electron chi connectivity index (χ2n) is 8.52. The molecule has 20 heavy (non-hydrogen) atoms. The fourth-order valence-corrected chi connectivity index (χ4v) is 4.91. The maximum atomic E-state index is 5.62. The number of aryl methyl sites for hydroxylation is 1. The van der Waals surface area contributed by atoms with Gasteiger partial charge >= 0.3 is 0 Å². The van der Waals surface area contributed by atoms with Crippen LogP contribution in [-0.4, -0.2) is 6.04 Å². The van der Waals surface area contributed by atoms with Crippen molar-refractivity contribution in [3.05, 3.63) is 23.7 Å². The summed E-state index contributed by atoms with van der Waals surface area (Å²) >= 11 is 0. The number of rotatable bonds is 2. The second-order valence-corrected chi connectivity index (χ2v) is 8.52. The quantitative estimate of drug-likeness (QED) is 0.834. The molecule has 0 radical (unpaired) electrons. The highest BCUT2D eigenvalue weighted by Gasteiger charge is 2.39. The lowest BCUT2D eigenvalue weighted by Crippen LogP contribution is -2.45. The molecule has 1 heterocycles. The minimum atomic E-state index is 0.452. The van der Waals surface area contributed by atoms with E-state index in [1.807, 2.05) is 6.26 Å². The van der Waals surface area contributed by atoms with Crippen molar-refractivity contribution in [2.24, 2.45) is 10.8 Å². The molecule has 0 aliphatic heterocycles. The minimum absolute atomic E-state index is 0.452. The molecule has 0 bridgehead atoms. The Kier molecular flexibility index (Phi) is 3.48. The zero-order valence-corrected chi connectivity index (χ0v) is 13.5. The van der Waals surface area contributed by atoms with Crippen LogP contribution in [0.15, 0.2) is 16.7 Å². The molecule has 3 rings (SSSR count). The lowest BCUT2D eigenvalue weighted by Gasteiger charge is -2.46. The molecular weight excluding hydrogens is 246 g/mol. The first kappa shape index (κ1) is 14.2. The zero-order valence-electron chi connectivity index (χ0n) is 13.5. The van der Waals surface area contributed by atoms with Crippen LogP contribution < -0.4 is 5.32 Å². The molecular formula is C18H29NO. The smallest absolute Gasteiger partial charge is 0.108 e. The maximum absolute atomic E-state index is 5.62. The molecule has 2 nitrogen and oxygen atoms in total. The average Bonchev–Trinajstić information content (AvgIpc) is 2.73. The van der Waals surface area contributed by atoms with E-state index in [0.717, 1.165) is 6.42 Å². The molecule has 1 saturated carbocycles. The summed E-state index contributed by atoms with van der Waals surface area (Å²) in [6.07, 6.45) is 9.39. The van der Waals surface area contributed by atoms with Crippen molar-refractivity contribution >= 4 is 0 Å². The third-order valence-electron chi connectivity index (χ3n) is 5.04. The molecule has 1 unspecified atom stereocenters. The summed E-state index contributed by atoms with van der Waals surface area (Å²) in [5.41, 5.74) is 2.32. The molecule has 0 spiro atoms. The second kappa shape index (κ2) is 4.91. The van der Waals surface area contributed by atoms with Crippen LogP contribution in [0.3, 0.4) is 0 Å². The summed E-state index contributed by atoms with van der Waals surface area (Å²) in [5.74, 6) is 1.21. The van der Waals surface area contributed by atoms with Crippen LogP contribution in [0.5, 0.6) is 0 Å². The van der Waals surface area contributed by atoms with Gasteiger partial charge in [0.15, 0.2) is 0 Å². The Bertz CT molecular complexity index is 456. The van der Waals surface area contributed by atoms with E-state index in [0.29, 0.717) is 22.9 Å². The van der Waals surface area contributed by atoms with E-state index in [-0.39, 0.29) is 0 Å². The fourth-order valence-electron chi connectivity index (χ4n) is 4.91. The topological polar surface area (TPSA) is 25.2 Å². The van der Waals surface area contributed by atoms with Crippen LogP contribution in [-0.2, 0) is 6.42 Å². The Labute approximate surface area is 123 Å². The molecule has 1 fully saturated rings. The number of nitrogens with one attached hydrogen (secondary N) is 1. The van der Waals surface area contributed by atoms with Gasteiger partial charge in [-0.05, 0) is 49.0 Å². The van der Waals surface area contributed by atoms with Crippen molar-refractivity contribution in [3.8, 4) is 0 Å². The van der Waals surface area contributed by atoms with Gasteiger partial charge in [-0.25, -0.2) is 0 Å². The first-order valence-electron chi connectivity index (χ1n) is 8.17. The third kappa shape index (κ3) is 2.95. The normalized spacial score (nSPS) is 29.1. The van der Waals surface area contributed by atoms with Gasteiger partial charge in [-0.15, -0.1) is 0 Å². The van der Waals surface area contributed by atoms with Crippen LogP contribution in [0.2, 0.25) is 0 Å². The van der Waals surface area contributed by atoms with Crippen molar-refractivity contribution in [3.63, 3.8) is 0 Å². The Morgan fingerprint density at radius 2 is 1.85 bits per heavy atom. The van der Waals surface area contributed by atoms with Crippen molar-refractivity contribution < 1.29 is 4.42 Å². The Hall–Kier alpha value is -0.760. The Balaban J connectivity index is 1.73. The standard InChI is InChI=1S/C18H29NO/c1-17(2)10-13(11-18(3,4)12-17)19-15-6-5-7-16-14(15)8-9-20-16/h8-9,13,15,19H,5-7,10-12H2,1-4H3. The lowest BCUT2D eigenvalue weighted by molar-refractivity contribution is 0.0789. The van der Waals surface area contributed by atoms with Gasteiger partial charge < -0.3 is 9.73 Å². The highest BCUT2D eigenvalue weighted by atomic mass is 16.3. The van der Waals surface area contributed by atoms with Gasteiger partial charge in [-0.3, -0.25) is 0 Å². The molecule has 1 aromatic rings. The summed E-state index contributed by atoms with van der Waals surface area (Å²) in [4.78, 5) is 0. The SMILES string of the molecule is CC1(C)CC(NC2CCCc3occc32)CC(C)(C)C1. The number of furan rings is 1. The van der Waals surface area contributed by atoms with Gasteiger partial charge in [0.25, 0.3) is 0 Å². The molecule has 112 valence electrons. The molecule has 0 aromatic carbocycles. The highest BCUT2D eigenvalue weighted by Crippen LogP contribution is 2.46. The van der Waals surface area contributed by atoms with Gasteiger partial charge in [0.1, 0.15) is 5.76 Å². The predicted molar refractivity (Wildman–Crippen MR) is 82.7 cm³/mol. The van der Waals surface area contributed by atoms with E-state index in [1.165, 1.54) is 43.4 Å². The van der Waals surface area contributed by atoms with Crippen molar-refractivity contribution in [1.29, 1.82) is 0 Å². The molecule has 0 saturated heterocycles. The summed E-state index contributed by atoms with van der Waals surface area (Å²) < 4.78 is 5.62. The van der Waals surface area contributed by atoms with Gasteiger partial charge in [0, 0.05) is 24.1 Å². The number of hydrogen-bond donors (Lipinski definition) is 1. The first-order chi connectivity index (χ1) is 9.35. The van der Waals surface area contributed by atoms with E-state index in [2.05, 4.69) is 39.1 Å². The Morgan fingerprint density at radius 3 is 2.55 bits per heavy atom. The van der Waals surface area contributed by atoms with E-state index in [9.17, 15) is 0 Å². The van der Waals surface area contributed by atoms with Crippen molar-refractivity contribution in [2.45, 2.75) is 78.3 Å². The largest absolute Gasteiger partial charge is 0.469 e. The minimum Gasteiger partial charge on any atom is -0.469 e. The first-order valence-corrected chi connectivity index (χ1v) is 8.17. The predicted octanol–water partition coefficient (Wildman–Crippen LogP) is 4.85. The molecule has 1 aromatic heterocycles. The van der Waals surface area contributed by atoms with Crippen LogP contribution >= 0.6 is 0 Å². The lowest BCUT2D eigenvalue weighted by atomic mass is 9.63. The monoisotopic (exact) mass is 275 g/mol. The fraction of sp³-hybridized carbons (Fsp3) is 0.778. The van der Waals surface area contributed by atoms with Crippen LogP contribution in [0.25, 0.3) is 0 Å². The highest BCUT2D eigenvalue weighted by molar-refractivity contribution is 5.24. The number of hydrogen-bond acceptors (Lipinski definition) is 2. The zero-order chi connectivity index (χ0) is 14.4. The van der Waals surface area contributed by atoms with Gasteiger partial charge in [-0.2, -0.15) is 0 Å². The van der Waals surface area contributed by atoms with E-state index in [4.69, 9.17) is 4.42 Å². The van der Waals surface area contributed by atoms with E-state index in [1.54, 1.807) is 0 Å². The van der Waals surface area contributed by atoms with Crippen LogP contribution in [0.4, 0.5) is 0 Å². The molecule has 2 aliphatic carbocycles. The van der Waals surface area contributed by atoms with E-state index < -0.39 is 0 Å². The van der Waals surface area contributed by atoms with Gasteiger partial charge in [-0.1, -0.05) is 27.7 Å². The summed E-state index contributed by atoms with van der Waals surface area (Å²) in [5, 5.41) is 3.95. The van der Waals surface area contributed by atoms with Gasteiger partial charge in [0.2, 0.25) is 0 Å². The van der Waals surface area contributed by atoms with Gasteiger partial charge in [0.05, 0.1) is 6.26 Å². The Morgan fingerprint density at radius 1 is 1.15 bits per heavy atom. The van der Waals surface area contributed by atoms with Crippen LogP contribution in [0, 0.1) is 10.8 Å². The summed E-state index contributed by atoms with van der Waals surface area (Å²) in [6.45, 7) is 9.69. The van der Waals surface area contributed by atoms with Crippen molar-refractivity contribution in [1.82, 2.24) is 5.32 Å². The third-order valence-corrected chi connectivity index (χ3v) is 5.04. The number of fused-ring (bicyclic) bond motifs is 1. The summed E-state index contributed by atoms with van der Waals surface area (Å²) in [6, 6.07) is 3.32. The molecule has 1 N–H and O–H groups in total. The average molecular weight is 275 g/mol. The maximum Gasteiger partial charge on any atom is 0.108 e. The van der Waals surface area contributed by atoms with E-state index >= 15 is 0 Å². The van der Waals surface area contributed by atoms with Crippen molar-refractivity contribution in [2.75, 3.05) is 0 Å². The molecule has 2 heteroatoms. The molecule has 0 amide bonds. The molecule has 1 atom stereocenters. The summed E-state index contributed by atoms with van der Waals surface area (Å²) in [7, 11) is 0.